The van der Waals surface area contributed by atoms with Crippen molar-refractivity contribution in [1.29, 1.82) is 0 Å². The van der Waals surface area contributed by atoms with Gasteiger partial charge in [-0.2, -0.15) is 4.31 Å². The van der Waals surface area contributed by atoms with Gasteiger partial charge in [0.2, 0.25) is 10.0 Å². The molecule has 0 amide bonds. The van der Waals surface area contributed by atoms with Crippen LogP contribution in [0.5, 0.6) is 0 Å². The van der Waals surface area contributed by atoms with E-state index in [4.69, 9.17) is 0 Å². The Hall–Kier alpha value is 0.160. The zero-order chi connectivity index (χ0) is 13.2. The second kappa shape index (κ2) is 7.25. The van der Waals surface area contributed by atoms with Gasteiger partial charge in [0, 0.05) is 25.2 Å². The first-order chi connectivity index (χ1) is 8.47. The molecule has 19 heavy (non-hydrogen) atoms. The second-order valence-electron chi connectivity index (χ2n) is 6.07. The van der Waals surface area contributed by atoms with E-state index in [0.717, 1.165) is 12.8 Å². The lowest BCUT2D eigenvalue weighted by molar-refractivity contribution is 0.260. The molecule has 114 valence electrons. The molecular weight excluding hydrogens is 284 g/mol. The van der Waals surface area contributed by atoms with Crippen LogP contribution in [0.25, 0.3) is 0 Å². The van der Waals surface area contributed by atoms with Crippen LogP contribution in [0.2, 0.25) is 0 Å². The summed E-state index contributed by atoms with van der Waals surface area (Å²) in [6, 6.07) is 0.518. The van der Waals surface area contributed by atoms with Gasteiger partial charge in [0.1, 0.15) is 0 Å². The topological polar surface area (TPSA) is 49.4 Å². The number of rotatable bonds is 3. The molecule has 2 atom stereocenters. The van der Waals surface area contributed by atoms with Crippen molar-refractivity contribution in [2.24, 2.45) is 5.92 Å². The maximum atomic E-state index is 12.4. The first-order valence-electron chi connectivity index (χ1n) is 7.21. The fraction of sp³-hybridized carbons (Fsp3) is 1.00. The smallest absolute Gasteiger partial charge is 0.214 e. The maximum absolute atomic E-state index is 12.4. The first-order valence-corrected chi connectivity index (χ1v) is 8.82. The van der Waals surface area contributed by atoms with Gasteiger partial charge >= 0.3 is 0 Å². The van der Waals surface area contributed by atoms with Gasteiger partial charge in [-0.15, -0.1) is 12.4 Å². The summed E-state index contributed by atoms with van der Waals surface area (Å²) in [5.74, 6) is 0.760. The van der Waals surface area contributed by atoms with E-state index in [1.807, 2.05) is 0 Å². The van der Waals surface area contributed by atoms with Gasteiger partial charge in [-0.05, 0) is 32.6 Å². The molecule has 1 aliphatic carbocycles. The van der Waals surface area contributed by atoms with Gasteiger partial charge in [-0.1, -0.05) is 19.3 Å². The van der Waals surface area contributed by atoms with Crippen LogP contribution in [-0.2, 0) is 10.0 Å². The largest absolute Gasteiger partial charge is 0.309 e. The number of hydrogen-bond acceptors (Lipinski definition) is 3. The molecule has 2 aliphatic rings. The molecule has 0 aromatic carbocycles. The Bertz CT molecular complexity index is 359. The Morgan fingerprint density at radius 2 is 1.58 bits per heavy atom. The summed E-state index contributed by atoms with van der Waals surface area (Å²) in [6.45, 7) is 5.36. The first kappa shape index (κ1) is 17.2. The molecule has 1 saturated carbocycles. The average molecular weight is 311 g/mol. The monoisotopic (exact) mass is 310 g/mol. The summed E-state index contributed by atoms with van der Waals surface area (Å²) >= 11 is 0. The zero-order valence-electron chi connectivity index (χ0n) is 12.0. The van der Waals surface area contributed by atoms with Crippen molar-refractivity contribution in [3.05, 3.63) is 0 Å². The third-order valence-electron chi connectivity index (χ3n) is 4.09. The number of halogens is 1. The van der Waals surface area contributed by atoms with Crippen LogP contribution in [-0.4, -0.2) is 43.6 Å². The number of nitrogens with one attached hydrogen (secondary N) is 1. The molecule has 2 fully saturated rings. The van der Waals surface area contributed by atoms with Gasteiger partial charge in [-0.25, -0.2) is 8.42 Å². The second-order valence-corrected chi connectivity index (χ2v) is 8.08. The number of sulfonamides is 1. The molecule has 2 unspecified atom stereocenters. The van der Waals surface area contributed by atoms with Crippen LogP contribution in [0.1, 0.15) is 46.0 Å². The van der Waals surface area contributed by atoms with E-state index in [1.54, 1.807) is 4.31 Å². The summed E-state index contributed by atoms with van der Waals surface area (Å²) in [5, 5.41) is 3.38. The Labute approximate surface area is 123 Å². The van der Waals surface area contributed by atoms with Crippen LogP contribution < -0.4 is 5.32 Å². The van der Waals surface area contributed by atoms with E-state index in [1.165, 1.54) is 19.3 Å². The zero-order valence-corrected chi connectivity index (χ0v) is 13.6. The fourth-order valence-electron chi connectivity index (χ4n) is 3.26. The predicted molar refractivity (Wildman–Crippen MR) is 81.2 cm³/mol. The molecule has 4 nitrogen and oxygen atoms in total. The van der Waals surface area contributed by atoms with E-state index in [2.05, 4.69) is 19.2 Å². The minimum absolute atomic E-state index is 0. The van der Waals surface area contributed by atoms with Gasteiger partial charge in [-0.3, -0.25) is 0 Å². The number of nitrogens with zero attached hydrogens (tertiary/aromatic N) is 1. The maximum Gasteiger partial charge on any atom is 0.214 e. The summed E-state index contributed by atoms with van der Waals surface area (Å²) in [6.07, 6.45) is 5.87. The SMILES string of the molecule is CC1CN(S(=O)(=O)CC2CCCCC2)CC(C)N1.Cl. The van der Waals surface area contributed by atoms with Gasteiger partial charge in [0.05, 0.1) is 5.75 Å². The van der Waals surface area contributed by atoms with Crippen LogP contribution in [0, 0.1) is 5.92 Å². The highest BCUT2D eigenvalue weighted by atomic mass is 35.5. The summed E-state index contributed by atoms with van der Waals surface area (Å²) in [4.78, 5) is 0. The van der Waals surface area contributed by atoms with Crippen molar-refractivity contribution < 1.29 is 8.42 Å². The molecule has 1 heterocycles. The van der Waals surface area contributed by atoms with Crippen LogP contribution in [0.3, 0.4) is 0 Å². The van der Waals surface area contributed by atoms with Crippen LogP contribution in [0.15, 0.2) is 0 Å². The van der Waals surface area contributed by atoms with E-state index >= 15 is 0 Å². The van der Waals surface area contributed by atoms with Crippen molar-refractivity contribution in [2.75, 3.05) is 18.8 Å². The average Bonchev–Trinajstić information content (AvgIpc) is 2.28. The Morgan fingerprint density at radius 3 is 2.11 bits per heavy atom. The Kier molecular flexibility index (Phi) is 6.57. The highest BCUT2D eigenvalue weighted by Gasteiger charge is 2.32. The molecule has 6 heteroatoms. The Morgan fingerprint density at radius 1 is 1.05 bits per heavy atom. The summed E-state index contributed by atoms with van der Waals surface area (Å²) < 4.78 is 26.6. The normalized spacial score (nSPS) is 30.8. The van der Waals surface area contributed by atoms with Crippen LogP contribution >= 0.6 is 12.4 Å². The molecular formula is C13H27ClN2O2S. The van der Waals surface area contributed by atoms with E-state index in [-0.39, 0.29) is 24.5 Å². The molecule has 1 N–H and O–H groups in total. The minimum Gasteiger partial charge on any atom is -0.309 e. The van der Waals surface area contributed by atoms with Crippen molar-refractivity contribution in [2.45, 2.75) is 58.0 Å². The number of hydrogen-bond donors (Lipinski definition) is 1. The fourth-order valence-corrected chi connectivity index (χ4v) is 5.30. The molecule has 0 radical (unpaired) electrons. The minimum atomic E-state index is -3.06. The molecule has 0 aromatic rings. The van der Waals surface area contributed by atoms with Crippen molar-refractivity contribution in [3.63, 3.8) is 0 Å². The lowest BCUT2D eigenvalue weighted by atomic mass is 9.91. The van der Waals surface area contributed by atoms with Gasteiger partial charge < -0.3 is 5.32 Å². The standard InChI is InChI=1S/C13H26N2O2S.ClH/c1-11-8-15(9-12(2)14-11)18(16,17)10-13-6-4-3-5-7-13;/h11-14H,3-10H2,1-2H3;1H. The van der Waals surface area contributed by atoms with Crippen LogP contribution in [0.4, 0.5) is 0 Å². The quantitative estimate of drug-likeness (QED) is 0.867. The molecule has 1 aliphatic heterocycles. The van der Waals surface area contributed by atoms with E-state index in [0.29, 0.717) is 24.8 Å². The van der Waals surface area contributed by atoms with Gasteiger partial charge in [0.15, 0.2) is 0 Å². The molecule has 0 aromatic heterocycles. The molecule has 0 spiro atoms. The summed E-state index contributed by atoms with van der Waals surface area (Å²) in [5.41, 5.74) is 0. The van der Waals surface area contributed by atoms with Gasteiger partial charge in [0.25, 0.3) is 0 Å². The van der Waals surface area contributed by atoms with Crippen molar-refractivity contribution in [3.8, 4) is 0 Å². The predicted octanol–water partition coefficient (Wildman–Crippen LogP) is 2.00. The molecule has 0 bridgehead atoms. The Balaban J connectivity index is 0.00000180. The van der Waals surface area contributed by atoms with E-state index < -0.39 is 10.0 Å². The third-order valence-corrected chi connectivity index (χ3v) is 6.07. The molecule has 2 rings (SSSR count). The molecule has 1 saturated heterocycles. The summed E-state index contributed by atoms with van der Waals surface area (Å²) in [7, 11) is -3.06. The highest BCUT2D eigenvalue weighted by Crippen LogP contribution is 2.26. The van der Waals surface area contributed by atoms with Crippen molar-refractivity contribution >= 4 is 22.4 Å². The van der Waals surface area contributed by atoms with E-state index in [9.17, 15) is 8.42 Å². The lowest BCUT2D eigenvalue weighted by Gasteiger charge is -2.36. The van der Waals surface area contributed by atoms with Crippen molar-refractivity contribution in [1.82, 2.24) is 9.62 Å². The lowest BCUT2D eigenvalue weighted by Crippen LogP contribution is -2.56. The number of piperazine rings is 1. The highest BCUT2D eigenvalue weighted by molar-refractivity contribution is 7.89. The third kappa shape index (κ3) is 4.88.